The number of benzene rings is 1. The average molecular weight is 541 g/mol. The summed E-state index contributed by atoms with van der Waals surface area (Å²) in [5.41, 5.74) is 8.42. The smallest absolute Gasteiger partial charge is 0.251 e. The number of amides is 2. The Kier molecular flexibility index (Phi) is 7.80. The third kappa shape index (κ3) is 5.47. The molecular weight excluding hydrogens is 504 g/mol. The molecule has 11 heteroatoms. The fraction of sp³-hybridized carbons (Fsp3) is 0.556. The van der Waals surface area contributed by atoms with Crippen molar-refractivity contribution in [3.8, 4) is 11.3 Å². The maximum Gasteiger partial charge on any atom is 0.251 e. The molecular formula is C27H36N6O4S. The molecule has 1 aromatic carbocycles. The van der Waals surface area contributed by atoms with Crippen molar-refractivity contribution in [3.63, 3.8) is 0 Å². The molecule has 2 aromatic rings. The molecule has 38 heavy (non-hydrogen) atoms. The number of Topliss-reactive ketones (excluding diaryl/α,β-unsaturated/α-hetero) is 1. The quantitative estimate of drug-likeness (QED) is 0.538. The first-order valence-corrected chi connectivity index (χ1v) is 14.1. The van der Waals surface area contributed by atoms with E-state index in [2.05, 4.69) is 22.2 Å². The number of anilines is 1. The number of likely N-dealkylation sites (tertiary alicyclic amines) is 1. The van der Waals surface area contributed by atoms with E-state index in [1.807, 2.05) is 31.4 Å². The zero-order chi connectivity index (χ0) is 27.0. The lowest BCUT2D eigenvalue weighted by atomic mass is 10.0. The van der Waals surface area contributed by atoms with E-state index >= 15 is 0 Å². The van der Waals surface area contributed by atoms with Crippen LogP contribution < -0.4 is 16.0 Å². The van der Waals surface area contributed by atoms with Crippen LogP contribution in [0.15, 0.2) is 29.6 Å². The average Bonchev–Trinajstić information content (AvgIpc) is 3.62. The molecule has 3 aliphatic heterocycles. The van der Waals surface area contributed by atoms with Gasteiger partial charge in [0, 0.05) is 49.2 Å². The molecule has 4 unspecified atom stereocenters. The summed E-state index contributed by atoms with van der Waals surface area (Å²) in [4.78, 5) is 50.0. The van der Waals surface area contributed by atoms with E-state index < -0.39 is 24.2 Å². The van der Waals surface area contributed by atoms with Gasteiger partial charge in [-0.1, -0.05) is 26.0 Å². The van der Waals surface area contributed by atoms with Crippen molar-refractivity contribution in [3.05, 3.63) is 35.2 Å². The fourth-order valence-electron chi connectivity index (χ4n) is 5.39. The summed E-state index contributed by atoms with van der Waals surface area (Å²) in [5, 5.41) is 5.97. The topological polar surface area (TPSA) is 121 Å². The van der Waals surface area contributed by atoms with Gasteiger partial charge in [-0.25, -0.2) is 4.98 Å². The molecule has 3 N–H and O–H groups in total. The van der Waals surface area contributed by atoms with Gasteiger partial charge in [0.1, 0.15) is 24.8 Å². The van der Waals surface area contributed by atoms with Gasteiger partial charge < -0.3 is 30.5 Å². The summed E-state index contributed by atoms with van der Waals surface area (Å²) >= 11 is 1.63. The third-order valence-corrected chi connectivity index (χ3v) is 8.43. The Hall–Kier alpha value is -2.86. The number of carbonyl (C=O) groups is 3. The second kappa shape index (κ2) is 11.1. The highest BCUT2D eigenvalue weighted by Crippen LogP contribution is 2.29. The number of piperazine rings is 1. The number of ketones is 1. The van der Waals surface area contributed by atoms with Gasteiger partial charge in [-0.15, -0.1) is 11.3 Å². The molecule has 2 amide bonds. The summed E-state index contributed by atoms with van der Waals surface area (Å²) in [7, 11) is 2.13. The first-order valence-electron chi connectivity index (χ1n) is 13.2. The van der Waals surface area contributed by atoms with E-state index in [4.69, 9.17) is 15.5 Å². The van der Waals surface area contributed by atoms with Crippen LogP contribution in [0.4, 0.5) is 5.13 Å². The number of thiazole rings is 1. The van der Waals surface area contributed by atoms with Crippen LogP contribution in [0.3, 0.4) is 0 Å². The molecule has 0 radical (unpaired) electrons. The molecule has 0 bridgehead atoms. The molecule has 4 atom stereocenters. The zero-order valence-corrected chi connectivity index (χ0v) is 22.9. The number of rotatable bonds is 7. The highest BCUT2D eigenvalue weighted by molar-refractivity contribution is 7.14. The first-order chi connectivity index (χ1) is 18.2. The summed E-state index contributed by atoms with van der Waals surface area (Å²) < 4.78 is 5.52. The minimum atomic E-state index is -0.758. The van der Waals surface area contributed by atoms with Gasteiger partial charge in [0.2, 0.25) is 5.91 Å². The van der Waals surface area contributed by atoms with Crippen molar-refractivity contribution in [2.75, 3.05) is 51.3 Å². The van der Waals surface area contributed by atoms with Crippen molar-refractivity contribution >= 4 is 34.1 Å². The Morgan fingerprint density at radius 1 is 1.18 bits per heavy atom. The molecule has 4 heterocycles. The second-order valence-electron chi connectivity index (χ2n) is 10.9. The molecule has 3 fully saturated rings. The van der Waals surface area contributed by atoms with Crippen LogP contribution in [-0.2, 0) is 14.3 Å². The van der Waals surface area contributed by atoms with Gasteiger partial charge in [-0.3, -0.25) is 14.4 Å². The Morgan fingerprint density at radius 2 is 1.89 bits per heavy atom. The minimum absolute atomic E-state index is 0.0315. The number of aromatic nitrogens is 1. The number of hydrogen-bond acceptors (Lipinski definition) is 9. The largest absolute Gasteiger partial charge is 0.366 e. The van der Waals surface area contributed by atoms with Gasteiger partial charge in [0.05, 0.1) is 11.7 Å². The Labute approximate surface area is 227 Å². The van der Waals surface area contributed by atoms with Gasteiger partial charge in [0.25, 0.3) is 5.91 Å². The Bertz CT molecular complexity index is 1180. The number of ether oxygens (including phenoxy) is 1. The van der Waals surface area contributed by atoms with E-state index in [0.29, 0.717) is 12.0 Å². The Balaban J connectivity index is 1.26. The molecule has 3 saturated heterocycles. The van der Waals surface area contributed by atoms with Crippen LogP contribution in [0.2, 0.25) is 0 Å². The molecule has 0 aliphatic carbocycles. The highest BCUT2D eigenvalue weighted by atomic mass is 32.1. The number of hydrogen-bond donors (Lipinski definition) is 2. The standard InChI is InChI=1S/C27H36N6O4S/c1-16(2)12-20(26(36)33-13-19(28)24-23(33)22(34)14-37-24)29-25(35)18-6-4-17(5-7-18)21-15-38-27(30-21)32-10-8-31(3)9-11-32/h4-7,15-16,19-20,23-24H,8-14,28H2,1-3H3,(H,29,35). The van der Waals surface area contributed by atoms with Crippen LogP contribution in [-0.4, -0.2) is 103 Å². The maximum absolute atomic E-state index is 13.5. The van der Waals surface area contributed by atoms with Crippen LogP contribution in [0.5, 0.6) is 0 Å². The van der Waals surface area contributed by atoms with Gasteiger partial charge in [-0.05, 0) is 31.5 Å². The van der Waals surface area contributed by atoms with Crippen molar-refractivity contribution in [2.45, 2.75) is 44.5 Å². The number of carbonyl (C=O) groups excluding carboxylic acids is 3. The van der Waals surface area contributed by atoms with Gasteiger partial charge in [0.15, 0.2) is 10.9 Å². The lowest BCUT2D eigenvalue weighted by molar-refractivity contribution is -0.138. The molecule has 1 aromatic heterocycles. The summed E-state index contributed by atoms with van der Waals surface area (Å²) in [6.07, 6.45) is -0.0220. The number of nitrogens with zero attached hydrogens (tertiary/aromatic N) is 4. The monoisotopic (exact) mass is 540 g/mol. The second-order valence-corrected chi connectivity index (χ2v) is 11.7. The van der Waals surface area contributed by atoms with Crippen molar-refractivity contribution in [1.29, 1.82) is 0 Å². The number of likely N-dealkylation sites (N-methyl/N-ethyl adjacent to an activating group) is 1. The number of nitrogens with two attached hydrogens (primary N) is 1. The summed E-state index contributed by atoms with van der Waals surface area (Å²) in [5.74, 6) is -0.599. The van der Waals surface area contributed by atoms with E-state index in [1.54, 1.807) is 23.5 Å². The van der Waals surface area contributed by atoms with Crippen molar-refractivity contribution in [2.24, 2.45) is 11.7 Å². The first kappa shape index (κ1) is 26.7. The zero-order valence-electron chi connectivity index (χ0n) is 22.1. The van der Waals surface area contributed by atoms with Crippen molar-refractivity contribution in [1.82, 2.24) is 20.1 Å². The molecule has 5 rings (SSSR count). The summed E-state index contributed by atoms with van der Waals surface area (Å²) in [6, 6.07) is 5.44. The number of nitrogens with one attached hydrogen (secondary N) is 1. The van der Waals surface area contributed by atoms with Crippen LogP contribution in [0, 0.1) is 5.92 Å². The normalized spacial score (nSPS) is 24.7. The predicted molar refractivity (Wildman–Crippen MR) is 146 cm³/mol. The van der Waals surface area contributed by atoms with E-state index in [-0.39, 0.29) is 36.7 Å². The van der Waals surface area contributed by atoms with Crippen LogP contribution in [0.1, 0.15) is 30.6 Å². The molecule has 3 aliphatic rings. The number of fused-ring (bicyclic) bond motifs is 1. The molecule has 0 saturated carbocycles. The molecule has 10 nitrogen and oxygen atoms in total. The maximum atomic E-state index is 13.5. The lowest BCUT2D eigenvalue weighted by Crippen LogP contribution is -2.52. The Morgan fingerprint density at radius 3 is 2.58 bits per heavy atom. The van der Waals surface area contributed by atoms with Crippen LogP contribution in [0.25, 0.3) is 11.3 Å². The van der Waals surface area contributed by atoms with Crippen LogP contribution >= 0.6 is 11.3 Å². The minimum Gasteiger partial charge on any atom is -0.366 e. The fourth-order valence-corrected chi connectivity index (χ4v) is 6.27. The van der Waals surface area contributed by atoms with Gasteiger partial charge in [-0.2, -0.15) is 0 Å². The van der Waals surface area contributed by atoms with E-state index in [9.17, 15) is 14.4 Å². The molecule has 0 spiro atoms. The highest BCUT2D eigenvalue weighted by Gasteiger charge is 2.52. The predicted octanol–water partition coefficient (Wildman–Crippen LogP) is 1.21. The SMILES string of the molecule is CC(C)CC(NC(=O)c1ccc(-c2csc(N3CCN(C)CC3)n2)cc1)C(=O)N1CC(N)C2OCC(=O)C21. The summed E-state index contributed by atoms with van der Waals surface area (Å²) in [6.45, 7) is 8.17. The molecule has 204 valence electrons. The van der Waals surface area contributed by atoms with Gasteiger partial charge >= 0.3 is 0 Å². The van der Waals surface area contributed by atoms with Crippen molar-refractivity contribution < 1.29 is 19.1 Å². The van der Waals surface area contributed by atoms with E-state index in [1.165, 1.54) is 4.90 Å². The lowest BCUT2D eigenvalue weighted by Gasteiger charge is -2.32. The van der Waals surface area contributed by atoms with E-state index in [0.717, 1.165) is 42.6 Å². The third-order valence-electron chi connectivity index (χ3n) is 7.53.